The molecular formula is C10H15NOP2+2. The van der Waals surface area contributed by atoms with Gasteiger partial charge >= 0.3 is 88.6 Å². The van der Waals surface area contributed by atoms with Gasteiger partial charge in [-0.25, -0.2) is 0 Å². The van der Waals surface area contributed by atoms with Crippen molar-refractivity contribution in [3.63, 3.8) is 0 Å². The average molecular weight is 227 g/mol. The molecule has 0 aromatic rings. The molecule has 74 valence electrons. The molecule has 0 aromatic carbocycles. The van der Waals surface area contributed by atoms with Gasteiger partial charge in [-0.05, 0) is 0 Å². The molecule has 0 fully saturated rings. The van der Waals surface area contributed by atoms with Gasteiger partial charge in [0.25, 0.3) is 0 Å². The summed E-state index contributed by atoms with van der Waals surface area (Å²) in [5.41, 5.74) is 3.14. The first-order valence-corrected chi connectivity index (χ1v) is 6.20. The molecule has 0 saturated heterocycles. The Bertz CT molecular complexity index is 326. The summed E-state index contributed by atoms with van der Waals surface area (Å²) in [6, 6.07) is 0.239. The van der Waals surface area contributed by atoms with Gasteiger partial charge in [0.2, 0.25) is 0 Å². The first-order valence-electron chi connectivity index (χ1n) is 4.67. The molecule has 1 rings (SSSR count). The Morgan fingerprint density at radius 3 is 2.71 bits per heavy atom. The Morgan fingerprint density at radius 2 is 2.29 bits per heavy atom. The van der Waals surface area contributed by atoms with Crippen molar-refractivity contribution in [1.29, 1.82) is 0 Å². The Balaban J connectivity index is 2.88. The van der Waals surface area contributed by atoms with E-state index in [1.54, 1.807) is 0 Å². The summed E-state index contributed by atoms with van der Waals surface area (Å²) < 4.78 is 5.57. The number of hydrogen-bond acceptors (Lipinski definition) is 2. The predicted octanol–water partition coefficient (Wildman–Crippen LogP) is 2.83. The van der Waals surface area contributed by atoms with E-state index in [0.717, 1.165) is 8.04 Å². The van der Waals surface area contributed by atoms with Crippen molar-refractivity contribution in [3.05, 3.63) is 0 Å². The molecule has 0 spiro atoms. The molecule has 0 radical (unpaired) electrons. The molecule has 2 nitrogen and oxygen atoms in total. The van der Waals surface area contributed by atoms with E-state index in [4.69, 9.17) is 10.9 Å². The van der Waals surface area contributed by atoms with Crippen molar-refractivity contribution in [2.75, 3.05) is 0 Å². The molecular weight excluding hydrogens is 212 g/mol. The third-order valence-corrected chi connectivity index (χ3v) is 3.64. The van der Waals surface area contributed by atoms with E-state index in [1.807, 2.05) is 0 Å². The van der Waals surface area contributed by atoms with Crippen molar-refractivity contribution in [2.24, 2.45) is 10.9 Å². The summed E-state index contributed by atoms with van der Waals surface area (Å²) in [7, 11) is 4.06. The van der Waals surface area contributed by atoms with Crippen LogP contribution in [0.1, 0.15) is 20.8 Å². The maximum absolute atomic E-state index is 5.64. The number of rotatable bonds is 1. The van der Waals surface area contributed by atoms with Gasteiger partial charge in [0.05, 0.1) is 0 Å². The molecule has 1 aliphatic rings. The van der Waals surface area contributed by atoms with Crippen LogP contribution in [0.25, 0.3) is 0 Å². The molecule has 0 saturated carbocycles. The second-order valence-electron chi connectivity index (χ2n) is 3.59. The molecule has 0 bridgehead atoms. The monoisotopic (exact) mass is 227 g/mol. The van der Waals surface area contributed by atoms with Crippen LogP contribution in [0.5, 0.6) is 0 Å². The van der Waals surface area contributed by atoms with Crippen LogP contribution in [0, 0.1) is 17.7 Å². The van der Waals surface area contributed by atoms with Gasteiger partial charge in [0, 0.05) is 0 Å². The summed E-state index contributed by atoms with van der Waals surface area (Å²) in [5.74, 6) is 0.934. The molecule has 4 unspecified atom stereocenters. The van der Waals surface area contributed by atoms with E-state index in [-0.39, 0.29) is 12.1 Å². The van der Waals surface area contributed by atoms with Crippen molar-refractivity contribution in [2.45, 2.75) is 38.6 Å². The quantitative estimate of drug-likeness (QED) is 0.631. The van der Waals surface area contributed by atoms with E-state index in [9.17, 15) is 0 Å². The third kappa shape index (κ3) is 2.47. The summed E-state index contributed by atoms with van der Waals surface area (Å²) in [4.78, 5) is 4.38. The zero-order valence-electron chi connectivity index (χ0n) is 8.69. The SMILES string of the molecule is C#[P+]C(C)C1C(C)N=C(C#[PH+])OC1C. The molecule has 4 heteroatoms. The first kappa shape index (κ1) is 12.0. The van der Waals surface area contributed by atoms with Crippen LogP contribution in [-0.4, -0.2) is 23.7 Å². The molecule has 0 aromatic heterocycles. The van der Waals surface area contributed by atoms with Crippen LogP contribution < -0.4 is 0 Å². The summed E-state index contributed by atoms with van der Waals surface area (Å²) >= 11 is 0. The van der Waals surface area contributed by atoms with E-state index < -0.39 is 0 Å². The van der Waals surface area contributed by atoms with Gasteiger partial charge in [-0.2, -0.15) is 0 Å². The fourth-order valence-electron chi connectivity index (χ4n) is 1.90. The van der Waals surface area contributed by atoms with Gasteiger partial charge in [-0.3, -0.25) is 0 Å². The molecule has 1 aliphatic heterocycles. The van der Waals surface area contributed by atoms with Gasteiger partial charge in [0.1, 0.15) is 0 Å². The second-order valence-corrected chi connectivity index (χ2v) is 4.95. The van der Waals surface area contributed by atoms with Crippen LogP contribution >= 0.6 is 16.7 Å². The van der Waals surface area contributed by atoms with Crippen LogP contribution in [0.3, 0.4) is 0 Å². The predicted molar refractivity (Wildman–Crippen MR) is 64.5 cm³/mol. The molecule has 0 N–H and O–H groups in total. The molecule has 4 atom stereocenters. The molecule has 14 heavy (non-hydrogen) atoms. The van der Waals surface area contributed by atoms with Crippen molar-refractivity contribution in [1.82, 2.24) is 0 Å². The summed E-state index contributed by atoms with van der Waals surface area (Å²) in [5, 5.41) is 0. The topological polar surface area (TPSA) is 21.6 Å². The minimum absolute atomic E-state index is 0.146. The maximum atomic E-state index is 5.64. The number of hydrogen-bond donors (Lipinski definition) is 0. The van der Waals surface area contributed by atoms with Crippen molar-refractivity contribution >= 4 is 22.6 Å². The molecule has 1 heterocycles. The van der Waals surface area contributed by atoms with E-state index in [2.05, 4.69) is 40.1 Å². The van der Waals surface area contributed by atoms with Gasteiger partial charge < -0.3 is 0 Å². The summed E-state index contributed by atoms with van der Waals surface area (Å²) in [6.45, 7) is 6.28. The van der Waals surface area contributed by atoms with Crippen LogP contribution in [-0.2, 0) is 4.74 Å². The number of aliphatic imine (C=N–C) groups is 1. The standard InChI is InChI=1S/C10H14NOP2/c1-6-10(8(3)14-4)7(2)12-9(5-13)11-6/h4,6-8,10H,1-3H3/q+1/p+1. The van der Waals surface area contributed by atoms with E-state index in [0.29, 0.717) is 17.5 Å². The second kappa shape index (κ2) is 5.11. The molecule has 0 aliphatic carbocycles. The Hall–Kier alpha value is -0.110. The zero-order chi connectivity index (χ0) is 10.7. The van der Waals surface area contributed by atoms with Gasteiger partial charge in [0.15, 0.2) is 0 Å². The van der Waals surface area contributed by atoms with Gasteiger partial charge in [-0.1, -0.05) is 0 Å². The fourth-order valence-corrected chi connectivity index (χ4v) is 2.72. The Labute approximate surface area is 89.1 Å². The van der Waals surface area contributed by atoms with E-state index in [1.165, 1.54) is 0 Å². The normalized spacial score (nSPS) is 33.5. The molecule has 0 amide bonds. The van der Waals surface area contributed by atoms with Crippen LogP contribution in [0.4, 0.5) is 0 Å². The fraction of sp³-hybridized carbons (Fsp3) is 0.700. The van der Waals surface area contributed by atoms with Crippen molar-refractivity contribution in [3.8, 4) is 11.8 Å². The van der Waals surface area contributed by atoms with E-state index >= 15 is 0 Å². The zero-order valence-corrected chi connectivity index (χ0v) is 10.6. The number of ether oxygens (including phenoxy) is 1. The van der Waals surface area contributed by atoms with Gasteiger partial charge in [-0.15, -0.1) is 0 Å². The minimum atomic E-state index is 0.146. The number of nitrogens with zero attached hydrogens (tertiary/aromatic N) is 1. The van der Waals surface area contributed by atoms with Crippen LogP contribution in [0.2, 0.25) is 0 Å². The first-order chi connectivity index (χ1) is 6.60. The Kier molecular flexibility index (Phi) is 4.36. The Morgan fingerprint density at radius 1 is 1.64 bits per heavy atom. The van der Waals surface area contributed by atoms with Crippen LogP contribution in [0.15, 0.2) is 4.99 Å². The van der Waals surface area contributed by atoms with Crippen molar-refractivity contribution < 1.29 is 4.74 Å². The summed E-state index contributed by atoms with van der Waals surface area (Å²) in [6.07, 6.45) is 5.78. The average Bonchev–Trinajstić information content (AvgIpc) is 2.16. The third-order valence-electron chi connectivity index (χ3n) is 2.62.